The Kier molecular flexibility index (Phi) is 3.60. The van der Waals surface area contributed by atoms with E-state index in [2.05, 4.69) is 31.9 Å². The van der Waals surface area contributed by atoms with Gasteiger partial charge < -0.3 is 0 Å². The van der Waals surface area contributed by atoms with Gasteiger partial charge in [0.25, 0.3) is 0 Å². The van der Waals surface area contributed by atoms with E-state index in [0.29, 0.717) is 0 Å². The third kappa shape index (κ3) is 6.97. The lowest BCUT2D eigenvalue weighted by Gasteiger charge is -2.00. The van der Waals surface area contributed by atoms with Crippen LogP contribution in [0.3, 0.4) is 0 Å². The first-order valence-electron chi connectivity index (χ1n) is 1.77. The molecule has 0 nitrogen and oxygen atoms in total. The van der Waals surface area contributed by atoms with Crippen molar-refractivity contribution in [2.75, 3.05) is 0 Å². The van der Waals surface area contributed by atoms with Gasteiger partial charge in [0.05, 0.1) is 9.78 Å². The van der Waals surface area contributed by atoms with Crippen molar-refractivity contribution < 1.29 is 12.3 Å². The summed E-state index contributed by atoms with van der Waals surface area (Å²) in [7, 11) is -5.31. The Morgan fingerprint density at radius 3 is 1.62 bits per heavy atom. The van der Waals surface area contributed by atoms with Gasteiger partial charge in [-0.25, -0.2) is 12.3 Å². The highest BCUT2D eigenvalue weighted by Crippen LogP contribution is 2.24. The fourth-order valence-corrected chi connectivity index (χ4v) is 2.73. The number of hydrogen-bond acceptors (Lipinski definition) is 0. The highest BCUT2D eigenvalue weighted by atomic mass is 79.9. The first-order valence-corrected chi connectivity index (χ1v) is 5.44. The summed E-state index contributed by atoms with van der Waals surface area (Å²) in [5.41, 5.74) is 0. The predicted octanol–water partition coefficient (Wildman–Crippen LogP) is 2.95. The molecule has 0 heterocycles. The molecule has 0 saturated carbocycles. The van der Waals surface area contributed by atoms with E-state index >= 15 is 0 Å². The van der Waals surface area contributed by atoms with E-state index in [-0.39, 0.29) is 0 Å². The Balaban J connectivity index is 3.39. The van der Waals surface area contributed by atoms with Crippen molar-refractivity contribution in [2.24, 2.45) is 0 Å². The molecule has 0 aromatic carbocycles. The van der Waals surface area contributed by atoms with Crippen molar-refractivity contribution in [1.29, 1.82) is 0 Å². The van der Waals surface area contributed by atoms with E-state index < -0.39 is 18.9 Å². The summed E-state index contributed by atoms with van der Waals surface area (Å²) < 4.78 is 33.6. The fraction of sp³-hybridized carbons (Fsp3) is 1.00. The normalized spacial score (nSPS) is 12.8. The third-order valence-corrected chi connectivity index (χ3v) is 3.10. The zero-order valence-corrected chi connectivity index (χ0v) is 7.85. The molecule has 0 aliphatic rings. The lowest BCUT2D eigenvalue weighted by molar-refractivity contribution is 0.473. The second-order valence-corrected chi connectivity index (χ2v) is 6.29. The molecular formula is C2H3Br2F3Si. The smallest absolute Gasteiger partial charge is 0.238 e. The second-order valence-electron chi connectivity index (χ2n) is 1.21. The molecule has 0 rings (SSSR count). The molecule has 0 unspecified atom stereocenters. The largest absolute Gasteiger partial charge is 0.618 e. The summed E-state index contributed by atoms with van der Waals surface area (Å²) in [5, 5.41) is 0. The van der Waals surface area contributed by atoms with Crippen molar-refractivity contribution in [1.82, 2.24) is 0 Å². The highest BCUT2D eigenvalue weighted by Gasteiger charge is 2.38. The number of rotatable bonds is 2. The average Bonchev–Trinajstić information content (AvgIpc) is 1.21. The molecule has 0 bridgehead atoms. The van der Waals surface area contributed by atoms with Crippen molar-refractivity contribution in [2.45, 2.75) is 9.78 Å². The van der Waals surface area contributed by atoms with Crippen LogP contribution in [0.5, 0.6) is 0 Å². The van der Waals surface area contributed by atoms with E-state index in [1.807, 2.05) is 0 Å². The zero-order valence-electron chi connectivity index (χ0n) is 3.67. The minimum Gasteiger partial charge on any atom is -0.238 e. The minimum atomic E-state index is -5.31. The summed E-state index contributed by atoms with van der Waals surface area (Å²) in [5.74, 6) is 0. The molecule has 0 fully saturated rings. The van der Waals surface area contributed by atoms with Crippen molar-refractivity contribution in [3.63, 3.8) is 0 Å². The van der Waals surface area contributed by atoms with Gasteiger partial charge >= 0.3 is 9.08 Å². The first kappa shape index (κ1) is 8.97. The van der Waals surface area contributed by atoms with Crippen LogP contribution >= 0.6 is 31.9 Å². The maximum Gasteiger partial charge on any atom is 0.618 e. The van der Waals surface area contributed by atoms with Gasteiger partial charge in [0, 0.05) is 0 Å². The van der Waals surface area contributed by atoms with Crippen molar-refractivity contribution in [3.05, 3.63) is 0 Å². The Bertz CT molecular complexity index is 70.2. The molecule has 6 heteroatoms. The van der Waals surface area contributed by atoms with Crippen LogP contribution in [0.25, 0.3) is 0 Å². The van der Waals surface area contributed by atoms with Crippen LogP contribution in [-0.2, 0) is 0 Å². The molecule has 0 saturated heterocycles. The fourth-order valence-electron chi connectivity index (χ4n) is 0.175. The first-order chi connectivity index (χ1) is 3.42. The minimum absolute atomic E-state index is 0.596. The standard InChI is InChI=1S/C2H3Br2F3Si/c3-2(4)1-8(5,6)7/h2H,1H2. The van der Waals surface area contributed by atoms with Gasteiger partial charge in [-0.2, -0.15) is 0 Å². The summed E-state index contributed by atoms with van der Waals surface area (Å²) in [6.45, 7) is 0. The summed E-state index contributed by atoms with van der Waals surface area (Å²) in [6.07, 6.45) is 0. The van der Waals surface area contributed by atoms with Crippen molar-refractivity contribution in [3.8, 4) is 0 Å². The molecule has 0 aromatic heterocycles. The van der Waals surface area contributed by atoms with Gasteiger partial charge in [0.15, 0.2) is 0 Å². The van der Waals surface area contributed by atoms with Gasteiger partial charge in [-0.3, -0.25) is 0 Å². The average molecular weight is 272 g/mol. The summed E-state index contributed by atoms with van der Waals surface area (Å²) in [6, 6.07) is -0.701. The molecule has 0 N–H and O–H groups in total. The molecule has 0 amide bonds. The molecule has 0 atom stereocenters. The van der Waals surface area contributed by atoms with Gasteiger partial charge in [-0.05, 0) is 0 Å². The molecule has 0 radical (unpaired) electrons. The maximum absolute atomic E-state index is 11.4. The second kappa shape index (κ2) is 3.22. The molecule has 0 aliphatic carbocycles. The summed E-state index contributed by atoms with van der Waals surface area (Å²) in [4.78, 5) is 0. The molecule has 50 valence electrons. The quantitative estimate of drug-likeness (QED) is 0.412. The van der Waals surface area contributed by atoms with E-state index in [0.717, 1.165) is 0 Å². The predicted molar refractivity (Wildman–Crippen MR) is 35.5 cm³/mol. The molecule has 0 aliphatic heterocycles. The Hall–Kier alpha value is 0.967. The van der Waals surface area contributed by atoms with E-state index in [1.54, 1.807) is 0 Å². The van der Waals surface area contributed by atoms with Gasteiger partial charge in [0.1, 0.15) is 0 Å². The van der Waals surface area contributed by atoms with Crippen LogP contribution in [0.2, 0.25) is 6.04 Å². The van der Waals surface area contributed by atoms with Crippen LogP contribution in [0.15, 0.2) is 0 Å². The van der Waals surface area contributed by atoms with E-state index in [9.17, 15) is 12.3 Å². The van der Waals surface area contributed by atoms with Gasteiger partial charge in [-0.15, -0.1) is 0 Å². The molecule has 0 aromatic rings. The van der Waals surface area contributed by atoms with E-state index in [1.165, 1.54) is 0 Å². The Morgan fingerprint density at radius 2 is 1.62 bits per heavy atom. The van der Waals surface area contributed by atoms with Crippen LogP contribution in [0, 0.1) is 0 Å². The van der Waals surface area contributed by atoms with E-state index in [4.69, 9.17) is 0 Å². The van der Waals surface area contributed by atoms with Crippen molar-refractivity contribution >= 4 is 40.9 Å². The van der Waals surface area contributed by atoms with Crippen LogP contribution in [0.1, 0.15) is 0 Å². The highest BCUT2D eigenvalue weighted by molar-refractivity contribution is 9.24. The number of hydrogen-bond donors (Lipinski definition) is 0. The monoisotopic (exact) mass is 270 g/mol. The van der Waals surface area contributed by atoms with Crippen LogP contribution in [-0.4, -0.2) is 12.8 Å². The topological polar surface area (TPSA) is 0 Å². The molecular weight excluding hydrogens is 269 g/mol. The van der Waals surface area contributed by atoms with Gasteiger partial charge in [-0.1, -0.05) is 31.9 Å². The molecule has 0 spiro atoms. The maximum atomic E-state index is 11.4. The Morgan fingerprint density at radius 1 is 1.25 bits per heavy atom. The number of halogens is 5. The Labute approximate surface area is 63.2 Å². The SMILES string of the molecule is F[Si](F)(F)CC(Br)Br. The third-order valence-electron chi connectivity index (χ3n) is 0.386. The lowest BCUT2D eigenvalue weighted by atomic mass is 11.0. The van der Waals surface area contributed by atoms with Crippen LogP contribution < -0.4 is 0 Å². The van der Waals surface area contributed by atoms with Gasteiger partial charge in [0.2, 0.25) is 0 Å². The van der Waals surface area contributed by atoms with Crippen LogP contribution in [0.4, 0.5) is 12.3 Å². The molecule has 8 heavy (non-hydrogen) atoms. The lowest BCUT2D eigenvalue weighted by Crippen LogP contribution is -2.16. The summed E-state index contributed by atoms with van der Waals surface area (Å²) >= 11 is 5.48. The zero-order chi connectivity index (χ0) is 6.78. The number of alkyl halides is 2.